The van der Waals surface area contributed by atoms with Gasteiger partial charge in [0.15, 0.2) is 0 Å². The molecule has 0 radical (unpaired) electrons. The maximum absolute atomic E-state index is 12.3. The van der Waals surface area contributed by atoms with Crippen molar-refractivity contribution in [2.75, 3.05) is 0 Å². The van der Waals surface area contributed by atoms with Crippen molar-refractivity contribution in [1.29, 1.82) is 0 Å². The van der Waals surface area contributed by atoms with E-state index in [0.29, 0.717) is 24.0 Å². The maximum atomic E-state index is 12.3. The Morgan fingerprint density at radius 3 is 2.30 bits per heavy atom. The van der Waals surface area contributed by atoms with Gasteiger partial charge in [-0.05, 0) is 37.3 Å². The van der Waals surface area contributed by atoms with Crippen LogP contribution >= 0.6 is 0 Å². The highest BCUT2D eigenvalue weighted by atomic mass is 16.4. The number of carboxylic acid groups (broad SMARTS) is 1. The van der Waals surface area contributed by atoms with E-state index in [-0.39, 0.29) is 30.2 Å². The highest BCUT2D eigenvalue weighted by Crippen LogP contribution is 2.35. The molecule has 1 aliphatic heterocycles. The van der Waals surface area contributed by atoms with Crippen LogP contribution in [0.5, 0.6) is 0 Å². The summed E-state index contributed by atoms with van der Waals surface area (Å²) in [5.41, 5.74) is 0.915. The molecule has 20 heavy (non-hydrogen) atoms. The van der Waals surface area contributed by atoms with Gasteiger partial charge in [-0.15, -0.1) is 0 Å². The summed E-state index contributed by atoms with van der Waals surface area (Å²) in [6, 6.07) is 6.66. The molecule has 5 nitrogen and oxygen atoms in total. The molecule has 1 aliphatic carbocycles. The van der Waals surface area contributed by atoms with Crippen molar-refractivity contribution >= 4 is 17.8 Å². The fourth-order valence-corrected chi connectivity index (χ4v) is 3.25. The lowest BCUT2D eigenvalue weighted by molar-refractivity contribution is -0.138. The van der Waals surface area contributed by atoms with E-state index in [2.05, 4.69) is 0 Å². The summed E-state index contributed by atoms with van der Waals surface area (Å²) in [6.07, 6.45) is 2.16. The van der Waals surface area contributed by atoms with Gasteiger partial charge in [-0.2, -0.15) is 0 Å². The summed E-state index contributed by atoms with van der Waals surface area (Å²) in [6.45, 7) is 0. The lowest BCUT2D eigenvalue weighted by Crippen LogP contribution is -2.38. The molecular weight excluding hydrogens is 258 g/mol. The minimum Gasteiger partial charge on any atom is -0.481 e. The fraction of sp³-hybridized carbons (Fsp3) is 0.400. The summed E-state index contributed by atoms with van der Waals surface area (Å²) < 4.78 is 0. The average Bonchev–Trinajstić information content (AvgIpc) is 2.94. The summed E-state index contributed by atoms with van der Waals surface area (Å²) >= 11 is 0. The first-order valence-corrected chi connectivity index (χ1v) is 6.76. The topological polar surface area (TPSA) is 74.7 Å². The van der Waals surface area contributed by atoms with Crippen LogP contribution in [0.15, 0.2) is 24.3 Å². The number of benzene rings is 1. The number of carbonyl (C=O) groups is 3. The number of hydrogen-bond donors (Lipinski definition) is 1. The first-order chi connectivity index (χ1) is 9.58. The number of amides is 2. The predicted octanol–water partition coefficient (Wildman–Crippen LogP) is 1.93. The minimum atomic E-state index is -0.821. The van der Waals surface area contributed by atoms with Crippen molar-refractivity contribution in [3.8, 4) is 0 Å². The maximum Gasteiger partial charge on any atom is 0.303 e. The molecule has 0 bridgehead atoms. The highest BCUT2D eigenvalue weighted by Gasteiger charge is 2.42. The Kier molecular flexibility index (Phi) is 3.04. The Hall–Kier alpha value is -2.17. The van der Waals surface area contributed by atoms with Crippen LogP contribution in [0.4, 0.5) is 0 Å². The second kappa shape index (κ2) is 4.74. The second-order valence-corrected chi connectivity index (χ2v) is 5.46. The Balaban J connectivity index is 1.79. The van der Waals surface area contributed by atoms with Gasteiger partial charge in [-0.25, -0.2) is 0 Å². The standard InChI is InChI=1S/C15H15NO4/c17-13(18)8-9-5-6-10(7-9)16-14(19)11-3-1-2-4-12(11)15(16)20/h1-4,9-10H,5-8H2,(H,17,18)/t9-,10+/m1/s1. The lowest BCUT2D eigenvalue weighted by Gasteiger charge is -2.21. The smallest absolute Gasteiger partial charge is 0.303 e. The molecule has 1 heterocycles. The van der Waals surface area contributed by atoms with E-state index in [4.69, 9.17) is 5.11 Å². The van der Waals surface area contributed by atoms with Gasteiger partial charge in [-0.3, -0.25) is 19.3 Å². The van der Waals surface area contributed by atoms with E-state index < -0.39 is 5.97 Å². The molecule has 0 saturated heterocycles. The van der Waals surface area contributed by atoms with Crippen LogP contribution in [-0.2, 0) is 4.79 Å². The molecule has 1 N–H and O–H groups in total. The van der Waals surface area contributed by atoms with E-state index in [0.717, 1.165) is 6.42 Å². The summed E-state index contributed by atoms with van der Waals surface area (Å²) in [7, 11) is 0. The summed E-state index contributed by atoms with van der Waals surface area (Å²) in [5, 5.41) is 8.82. The Labute approximate surface area is 116 Å². The zero-order valence-electron chi connectivity index (χ0n) is 10.9. The third kappa shape index (κ3) is 1.99. The van der Waals surface area contributed by atoms with Gasteiger partial charge in [0.1, 0.15) is 0 Å². The van der Waals surface area contributed by atoms with Crippen molar-refractivity contribution < 1.29 is 19.5 Å². The molecule has 2 aliphatic rings. The van der Waals surface area contributed by atoms with Gasteiger partial charge in [0.05, 0.1) is 11.1 Å². The molecular formula is C15H15NO4. The largest absolute Gasteiger partial charge is 0.481 e. The van der Waals surface area contributed by atoms with E-state index >= 15 is 0 Å². The number of carbonyl (C=O) groups excluding carboxylic acids is 2. The molecule has 0 spiro atoms. The van der Waals surface area contributed by atoms with Crippen molar-refractivity contribution in [3.63, 3.8) is 0 Å². The number of aliphatic carboxylic acids is 1. The first kappa shape index (κ1) is 12.8. The molecule has 0 unspecified atom stereocenters. The van der Waals surface area contributed by atoms with Crippen molar-refractivity contribution in [1.82, 2.24) is 4.90 Å². The van der Waals surface area contributed by atoms with Gasteiger partial charge in [-0.1, -0.05) is 12.1 Å². The van der Waals surface area contributed by atoms with Crippen LogP contribution in [0, 0.1) is 5.92 Å². The van der Waals surface area contributed by atoms with Gasteiger partial charge in [0.25, 0.3) is 11.8 Å². The van der Waals surface area contributed by atoms with Gasteiger partial charge < -0.3 is 5.11 Å². The van der Waals surface area contributed by atoms with E-state index in [9.17, 15) is 14.4 Å². The SMILES string of the molecule is O=C(O)C[C@@H]1CC[C@H](N2C(=O)c3ccccc3C2=O)C1. The Bertz CT molecular complexity index is 560. The van der Waals surface area contributed by atoms with Gasteiger partial charge in [0.2, 0.25) is 0 Å². The average molecular weight is 273 g/mol. The molecule has 5 heteroatoms. The van der Waals surface area contributed by atoms with Crippen LogP contribution in [-0.4, -0.2) is 33.8 Å². The molecule has 2 atom stereocenters. The Morgan fingerprint density at radius 1 is 1.15 bits per heavy atom. The van der Waals surface area contributed by atoms with Crippen LogP contribution in [0.3, 0.4) is 0 Å². The molecule has 0 aromatic heterocycles. The second-order valence-electron chi connectivity index (χ2n) is 5.46. The van der Waals surface area contributed by atoms with Crippen LogP contribution < -0.4 is 0 Å². The zero-order valence-corrected chi connectivity index (χ0v) is 10.9. The Morgan fingerprint density at radius 2 is 1.75 bits per heavy atom. The molecule has 104 valence electrons. The number of carboxylic acids is 1. The molecule has 1 saturated carbocycles. The van der Waals surface area contributed by atoms with Crippen molar-refractivity contribution in [2.45, 2.75) is 31.7 Å². The summed E-state index contributed by atoms with van der Waals surface area (Å²) in [5.74, 6) is -1.25. The number of fused-ring (bicyclic) bond motifs is 1. The van der Waals surface area contributed by atoms with E-state index in [1.807, 2.05) is 0 Å². The van der Waals surface area contributed by atoms with Gasteiger partial charge >= 0.3 is 5.97 Å². The van der Waals surface area contributed by atoms with Crippen LogP contribution in [0.2, 0.25) is 0 Å². The predicted molar refractivity (Wildman–Crippen MR) is 70.3 cm³/mol. The minimum absolute atomic E-state index is 0.0572. The molecule has 1 aromatic carbocycles. The quantitative estimate of drug-likeness (QED) is 0.854. The monoisotopic (exact) mass is 273 g/mol. The molecule has 1 aromatic rings. The normalized spacial score (nSPS) is 25.1. The zero-order chi connectivity index (χ0) is 14.3. The van der Waals surface area contributed by atoms with Gasteiger partial charge in [0, 0.05) is 12.5 Å². The van der Waals surface area contributed by atoms with Crippen molar-refractivity contribution in [2.24, 2.45) is 5.92 Å². The fourth-order valence-electron chi connectivity index (χ4n) is 3.25. The van der Waals surface area contributed by atoms with E-state index in [1.54, 1.807) is 24.3 Å². The van der Waals surface area contributed by atoms with Crippen LogP contribution in [0.1, 0.15) is 46.4 Å². The number of hydrogen-bond acceptors (Lipinski definition) is 3. The molecule has 3 rings (SSSR count). The lowest BCUT2D eigenvalue weighted by atomic mass is 10.0. The number of imide groups is 1. The third-order valence-electron chi connectivity index (χ3n) is 4.17. The molecule has 1 fully saturated rings. The van der Waals surface area contributed by atoms with Crippen LogP contribution in [0.25, 0.3) is 0 Å². The summed E-state index contributed by atoms with van der Waals surface area (Å²) in [4.78, 5) is 36.7. The van der Waals surface area contributed by atoms with E-state index in [1.165, 1.54) is 4.90 Å². The molecule has 2 amide bonds. The highest BCUT2D eigenvalue weighted by molar-refractivity contribution is 6.21. The van der Waals surface area contributed by atoms with Crippen molar-refractivity contribution in [3.05, 3.63) is 35.4 Å². The third-order valence-corrected chi connectivity index (χ3v) is 4.17. The number of nitrogens with zero attached hydrogens (tertiary/aromatic N) is 1. The first-order valence-electron chi connectivity index (χ1n) is 6.76. The number of rotatable bonds is 3.